The van der Waals surface area contributed by atoms with Crippen LogP contribution in [-0.4, -0.2) is 0 Å². The number of rotatable bonds is 8. The highest BCUT2D eigenvalue weighted by atomic mass is 15.2. The third kappa shape index (κ3) is 5.28. The molecule has 41 heavy (non-hydrogen) atoms. The summed E-state index contributed by atoms with van der Waals surface area (Å²) in [7, 11) is 0. The largest absolute Gasteiger partial charge is 0.314 e. The fourth-order valence-electron chi connectivity index (χ4n) is 5.46. The summed E-state index contributed by atoms with van der Waals surface area (Å²) in [6.45, 7) is 5.99. The number of nitrogens with zero attached hydrogens (tertiary/aromatic N) is 2. The lowest BCUT2D eigenvalue weighted by atomic mass is 9.98. The Hall–Kier alpha value is -5.34. The number of hydrogen-bond acceptors (Lipinski definition) is 2. The second-order valence-corrected chi connectivity index (χ2v) is 9.95. The maximum absolute atomic E-state index is 3.84. The van der Waals surface area contributed by atoms with Crippen molar-refractivity contribution in [1.29, 1.82) is 0 Å². The molecule has 6 aromatic carbocycles. The predicted molar refractivity (Wildman–Crippen MR) is 178 cm³/mol. The molecule has 2 nitrogen and oxygen atoms in total. The van der Waals surface area contributed by atoms with Crippen LogP contribution in [-0.2, 0) is 0 Å². The van der Waals surface area contributed by atoms with Crippen LogP contribution < -0.4 is 9.80 Å². The summed E-state index contributed by atoms with van der Waals surface area (Å²) in [5.41, 5.74) is 6.63. The molecule has 0 saturated heterocycles. The van der Waals surface area contributed by atoms with Crippen LogP contribution in [0.1, 0.15) is 6.92 Å². The first-order chi connectivity index (χ1) is 20.2. The van der Waals surface area contributed by atoms with Gasteiger partial charge < -0.3 is 9.80 Å². The van der Waals surface area contributed by atoms with Crippen LogP contribution >= 0.6 is 0 Å². The number of para-hydroxylation sites is 3. The van der Waals surface area contributed by atoms with E-state index in [2.05, 4.69) is 169 Å². The molecule has 0 bridgehead atoms. The van der Waals surface area contributed by atoms with E-state index in [1.807, 2.05) is 12.2 Å². The van der Waals surface area contributed by atoms with Crippen LogP contribution in [0.2, 0.25) is 0 Å². The predicted octanol–water partition coefficient (Wildman–Crippen LogP) is 11.2. The summed E-state index contributed by atoms with van der Waals surface area (Å²) >= 11 is 0. The van der Waals surface area contributed by atoms with Crippen molar-refractivity contribution in [3.05, 3.63) is 176 Å². The fourth-order valence-corrected chi connectivity index (χ4v) is 5.46. The van der Waals surface area contributed by atoms with Crippen LogP contribution in [0.25, 0.3) is 21.5 Å². The molecule has 0 saturated carbocycles. The van der Waals surface area contributed by atoms with Crippen molar-refractivity contribution in [2.45, 2.75) is 6.92 Å². The Bertz CT molecular complexity index is 1810. The van der Waals surface area contributed by atoms with E-state index in [0.29, 0.717) is 0 Å². The van der Waals surface area contributed by atoms with Gasteiger partial charge in [-0.05, 0) is 77.7 Å². The Morgan fingerprint density at radius 1 is 0.537 bits per heavy atom. The van der Waals surface area contributed by atoms with Gasteiger partial charge in [-0.3, -0.25) is 0 Å². The highest BCUT2D eigenvalue weighted by molar-refractivity contribution is 6.14. The molecule has 6 rings (SSSR count). The molecule has 2 heteroatoms. The van der Waals surface area contributed by atoms with Gasteiger partial charge in [0.2, 0.25) is 0 Å². The van der Waals surface area contributed by atoms with Gasteiger partial charge in [0.1, 0.15) is 0 Å². The molecule has 0 unspecified atom stereocenters. The number of allylic oxidation sites excluding steroid dienone is 5. The third-order valence-corrected chi connectivity index (χ3v) is 7.30. The molecule has 0 fully saturated rings. The molecule has 0 radical (unpaired) electrons. The molecule has 0 N–H and O–H groups in total. The first-order valence-electron chi connectivity index (χ1n) is 13.9. The van der Waals surface area contributed by atoms with E-state index < -0.39 is 0 Å². The van der Waals surface area contributed by atoms with E-state index in [0.717, 1.165) is 34.1 Å². The van der Waals surface area contributed by atoms with Gasteiger partial charge in [-0.2, -0.15) is 0 Å². The van der Waals surface area contributed by atoms with E-state index in [1.165, 1.54) is 21.5 Å². The molecule has 0 aliphatic heterocycles. The topological polar surface area (TPSA) is 6.48 Å². The lowest BCUT2D eigenvalue weighted by Crippen LogP contribution is -2.16. The molecule has 0 atom stereocenters. The van der Waals surface area contributed by atoms with Gasteiger partial charge >= 0.3 is 0 Å². The number of benzene rings is 6. The van der Waals surface area contributed by atoms with Gasteiger partial charge in [-0.25, -0.2) is 0 Å². The zero-order valence-corrected chi connectivity index (χ0v) is 23.2. The van der Waals surface area contributed by atoms with E-state index in [9.17, 15) is 0 Å². The van der Waals surface area contributed by atoms with Gasteiger partial charge in [0.15, 0.2) is 0 Å². The highest BCUT2D eigenvalue weighted by Gasteiger charge is 2.20. The van der Waals surface area contributed by atoms with Gasteiger partial charge in [-0.15, -0.1) is 0 Å². The molecule has 0 aliphatic carbocycles. The first kappa shape index (κ1) is 25.9. The minimum atomic E-state index is 1.09. The van der Waals surface area contributed by atoms with Crippen LogP contribution in [0, 0.1) is 0 Å². The number of hydrogen-bond donors (Lipinski definition) is 0. The molecular formula is C39H32N2. The van der Waals surface area contributed by atoms with E-state index in [-0.39, 0.29) is 0 Å². The zero-order valence-electron chi connectivity index (χ0n) is 23.2. The molecular weight excluding hydrogens is 496 g/mol. The normalized spacial score (nSPS) is 11.7. The van der Waals surface area contributed by atoms with Crippen molar-refractivity contribution in [2.75, 3.05) is 9.80 Å². The molecule has 0 heterocycles. The second-order valence-electron chi connectivity index (χ2n) is 9.95. The van der Waals surface area contributed by atoms with Crippen molar-refractivity contribution in [3.8, 4) is 0 Å². The minimum absolute atomic E-state index is 1.09. The van der Waals surface area contributed by atoms with Crippen molar-refractivity contribution in [2.24, 2.45) is 0 Å². The summed E-state index contributed by atoms with van der Waals surface area (Å²) in [5, 5.41) is 4.86. The van der Waals surface area contributed by atoms with E-state index in [4.69, 9.17) is 0 Å². The molecule has 0 amide bonds. The summed E-state index contributed by atoms with van der Waals surface area (Å²) < 4.78 is 0. The average Bonchev–Trinajstić information content (AvgIpc) is 3.03. The maximum atomic E-state index is 3.84. The SMILES string of the molecule is C=C/C=C\C=C(/C)N(c1ccccc1)c1cc(N(c2ccccc2)c2ccccc2)c2ccc3ccccc3c2c1. The van der Waals surface area contributed by atoms with Gasteiger partial charge in [0.05, 0.1) is 5.69 Å². The van der Waals surface area contributed by atoms with Crippen molar-refractivity contribution in [1.82, 2.24) is 0 Å². The summed E-state index contributed by atoms with van der Waals surface area (Å²) in [6, 6.07) is 49.6. The van der Waals surface area contributed by atoms with Gasteiger partial charge in [0, 0.05) is 33.8 Å². The average molecular weight is 529 g/mol. The lowest BCUT2D eigenvalue weighted by molar-refractivity contribution is 1.16. The molecule has 0 spiro atoms. The van der Waals surface area contributed by atoms with Gasteiger partial charge in [0.25, 0.3) is 0 Å². The summed E-state index contributed by atoms with van der Waals surface area (Å²) in [6.07, 6.45) is 7.93. The molecule has 198 valence electrons. The van der Waals surface area contributed by atoms with Crippen molar-refractivity contribution >= 4 is 50.0 Å². The summed E-state index contributed by atoms with van der Waals surface area (Å²) in [4.78, 5) is 4.69. The number of anilines is 5. The smallest absolute Gasteiger partial charge is 0.0561 e. The standard InChI is InChI=1S/C39H32N2/c1-3-4-8-17-30(2)40(32-19-9-5-10-20-32)35-28-38-36-25-16-15-18-31(36)26-27-37(38)39(29-35)41(33-21-11-6-12-22-33)34-23-13-7-14-24-34/h3-29H,1H2,2H3/b8-4-,30-17+. The Labute approximate surface area is 242 Å². The Morgan fingerprint density at radius 3 is 1.76 bits per heavy atom. The van der Waals surface area contributed by atoms with E-state index in [1.54, 1.807) is 6.08 Å². The lowest BCUT2D eigenvalue weighted by Gasteiger charge is -2.31. The van der Waals surface area contributed by atoms with Crippen molar-refractivity contribution < 1.29 is 0 Å². The van der Waals surface area contributed by atoms with Crippen LogP contribution in [0.5, 0.6) is 0 Å². The maximum Gasteiger partial charge on any atom is 0.0561 e. The van der Waals surface area contributed by atoms with Gasteiger partial charge in [-0.1, -0.05) is 116 Å². The Kier molecular flexibility index (Phi) is 7.46. The van der Waals surface area contributed by atoms with Crippen LogP contribution in [0.15, 0.2) is 176 Å². The summed E-state index contributed by atoms with van der Waals surface area (Å²) in [5.74, 6) is 0. The highest BCUT2D eigenvalue weighted by Crippen LogP contribution is 2.44. The Morgan fingerprint density at radius 2 is 1.12 bits per heavy atom. The van der Waals surface area contributed by atoms with Crippen LogP contribution in [0.3, 0.4) is 0 Å². The molecule has 6 aromatic rings. The third-order valence-electron chi connectivity index (χ3n) is 7.30. The van der Waals surface area contributed by atoms with Crippen molar-refractivity contribution in [3.63, 3.8) is 0 Å². The fraction of sp³-hybridized carbons (Fsp3) is 0.0256. The first-order valence-corrected chi connectivity index (χ1v) is 13.9. The monoisotopic (exact) mass is 528 g/mol. The van der Waals surface area contributed by atoms with Crippen LogP contribution in [0.4, 0.5) is 28.4 Å². The Balaban J connectivity index is 1.70. The minimum Gasteiger partial charge on any atom is -0.314 e. The quantitative estimate of drug-likeness (QED) is 0.143. The zero-order chi connectivity index (χ0) is 28.0. The van der Waals surface area contributed by atoms with E-state index >= 15 is 0 Å². The molecule has 0 aliphatic rings. The number of fused-ring (bicyclic) bond motifs is 3. The second kappa shape index (κ2) is 11.8. The molecule has 0 aromatic heterocycles.